The Bertz CT molecular complexity index is 926. The third kappa shape index (κ3) is 3.42. The average molecular weight is 416 g/mol. The number of carbonyl (C=O) groups excluding carboxylic acids is 1. The Hall–Kier alpha value is -2.73. The molecule has 3 fully saturated rings. The fourth-order valence-electron chi connectivity index (χ4n) is 4.87. The third-order valence-corrected chi connectivity index (χ3v) is 6.47. The number of halogens is 1. The Labute approximate surface area is 173 Å². The first-order valence-electron chi connectivity index (χ1n) is 9.42. The van der Waals surface area contributed by atoms with E-state index in [0.717, 1.165) is 11.1 Å². The van der Waals surface area contributed by atoms with Crippen LogP contribution in [-0.4, -0.2) is 30.3 Å². The highest BCUT2D eigenvalue weighted by atomic mass is 35.5. The second-order valence-corrected chi connectivity index (χ2v) is 8.40. The number of benzene rings is 2. The Kier molecular flexibility index (Phi) is 4.90. The number of methoxy groups -OCH3 is 1. The second kappa shape index (κ2) is 7.26. The van der Waals surface area contributed by atoms with E-state index in [1.165, 1.54) is 0 Å². The van der Waals surface area contributed by atoms with Gasteiger partial charge in [-0.25, -0.2) is 9.59 Å². The van der Waals surface area contributed by atoms with Crippen LogP contribution in [0.15, 0.2) is 48.5 Å². The number of carboxylic acid groups (broad SMARTS) is 1. The molecule has 1 unspecified atom stereocenters. The van der Waals surface area contributed by atoms with Gasteiger partial charge in [-0.2, -0.15) is 0 Å². The van der Waals surface area contributed by atoms with E-state index in [9.17, 15) is 14.7 Å². The van der Waals surface area contributed by atoms with Gasteiger partial charge < -0.3 is 19.9 Å². The van der Waals surface area contributed by atoms with Crippen LogP contribution in [0.5, 0.6) is 5.75 Å². The van der Waals surface area contributed by atoms with Crippen molar-refractivity contribution in [2.24, 2.45) is 5.41 Å². The van der Waals surface area contributed by atoms with E-state index in [0.29, 0.717) is 30.0 Å². The Balaban J connectivity index is 1.39. The van der Waals surface area contributed by atoms with Crippen molar-refractivity contribution in [2.45, 2.75) is 37.3 Å². The predicted octanol–water partition coefficient (Wildman–Crippen LogP) is 4.15. The van der Waals surface area contributed by atoms with E-state index in [1.807, 2.05) is 42.5 Å². The number of aliphatic carboxylic acids is 1. The summed E-state index contributed by atoms with van der Waals surface area (Å²) in [6, 6.07) is 13.9. The zero-order valence-electron chi connectivity index (χ0n) is 16.0. The first kappa shape index (κ1) is 19.6. The van der Waals surface area contributed by atoms with E-state index in [-0.39, 0.29) is 12.0 Å². The Morgan fingerprint density at radius 2 is 1.86 bits per heavy atom. The molecule has 0 aliphatic heterocycles. The number of hydrogen-bond donors (Lipinski definition) is 2. The lowest BCUT2D eigenvalue weighted by atomic mass is 9.31. The molecule has 3 saturated carbocycles. The van der Waals surface area contributed by atoms with Gasteiger partial charge in [-0.15, -0.1) is 0 Å². The maximum atomic E-state index is 12.2. The second-order valence-electron chi connectivity index (χ2n) is 8.00. The molecule has 3 aliphatic carbocycles. The van der Waals surface area contributed by atoms with Crippen molar-refractivity contribution in [1.29, 1.82) is 0 Å². The molecule has 2 aromatic carbocycles. The van der Waals surface area contributed by atoms with Crippen LogP contribution in [0.4, 0.5) is 4.79 Å². The molecule has 29 heavy (non-hydrogen) atoms. The fraction of sp³-hybridized carbons (Fsp3) is 0.364. The SMILES string of the molecule is COc1ccc(C23CC(C(NC(=O)OCc4ccccc4)C(=O)O)(C2)C3)c(Cl)c1. The lowest BCUT2D eigenvalue weighted by Crippen LogP contribution is -2.73. The summed E-state index contributed by atoms with van der Waals surface area (Å²) in [5.74, 6) is -0.359. The summed E-state index contributed by atoms with van der Waals surface area (Å²) in [5, 5.41) is 12.9. The molecule has 1 atom stereocenters. The molecular formula is C22H22ClNO5. The topological polar surface area (TPSA) is 84.9 Å². The number of carbonyl (C=O) groups is 2. The van der Waals surface area contributed by atoms with Crippen molar-refractivity contribution in [3.63, 3.8) is 0 Å². The monoisotopic (exact) mass is 415 g/mol. The van der Waals surface area contributed by atoms with Crippen molar-refractivity contribution in [1.82, 2.24) is 5.32 Å². The van der Waals surface area contributed by atoms with Gasteiger partial charge in [0.15, 0.2) is 0 Å². The summed E-state index contributed by atoms with van der Waals surface area (Å²) < 4.78 is 10.4. The van der Waals surface area contributed by atoms with Gasteiger partial charge in [0.2, 0.25) is 0 Å². The standard InChI is InChI=1S/C22H22ClNO5/c1-28-15-7-8-16(17(23)9-15)21-11-22(12-21,13-21)18(19(25)26)24-20(27)29-10-14-5-3-2-4-6-14/h2-9,18H,10-13H2,1H3,(H,24,27)(H,25,26). The van der Waals surface area contributed by atoms with E-state index in [1.54, 1.807) is 13.2 Å². The fourth-order valence-corrected chi connectivity index (χ4v) is 5.24. The minimum Gasteiger partial charge on any atom is -0.497 e. The molecule has 0 saturated heterocycles. The molecule has 7 heteroatoms. The molecule has 5 rings (SSSR count). The molecule has 2 N–H and O–H groups in total. The van der Waals surface area contributed by atoms with Crippen LogP contribution in [0, 0.1) is 5.41 Å². The van der Waals surface area contributed by atoms with Crippen molar-refractivity contribution < 1.29 is 24.2 Å². The van der Waals surface area contributed by atoms with Crippen LogP contribution in [0.3, 0.4) is 0 Å². The molecule has 6 nitrogen and oxygen atoms in total. The van der Waals surface area contributed by atoms with Crippen LogP contribution >= 0.6 is 11.6 Å². The van der Waals surface area contributed by atoms with Gasteiger partial charge in [0.1, 0.15) is 18.4 Å². The summed E-state index contributed by atoms with van der Waals surface area (Å²) >= 11 is 6.42. The zero-order valence-corrected chi connectivity index (χ0v) is 16.7. The first-order chi connectivity index (χ1) is 13.9. The summed E-state index contributed by atoms with van der Waals surface area (Å²) in [7, 11) is 1.58. The van der Waals surface area contributed by atoms with E-state index >= 15 is 0 Å². The molecule has 0 radical (unpaired) electrons. The minimum absolute atomic E-state index is 0.0946. The van der Waals surface area contributed by atoms with Crippen LogP contribution in [0.25, 0.3) is 0 Å². The largest absolute Gasteiger partial charge is 0.497 e. The van der Waals surface area contributed by atoms with Gasteiger partial charge >= 0.3 is 12.1 Å². The summed E-state index contributed by atoms with van der Waals surface area (Å²) in [5.41, 5.74) is 1.28. The molecule has 3 aliphatic rings. The van der Waals surface area contributed by atoms with Gasteiger partial charge in [0.05, 0.1) is 7.11 Å². The van der Waals surface area contributed by atoms with Crippen LogP contribution in [0.1, 0.15) is 30.4 Å². The molecule has 0 heterocycles. The number of nitrogens with one attached hydrogen (secondary N) is 1. The lowest BCUT2D eigenvalue weighted by molar-refractivity contribution is -0.183. The Morgan fingerprint density at radius 3 is 2.45 bits per heavy atom. The minimum atomic E-state index is -1.05. The van der Waals surface area contributed by atoms with E-state index in [2.05, 4.69) is 5.32 Å². The van der Waals surface area contributed by atoms with Crippen molar-refractivity contribution in [3.8, 4) is 5.75 Å². The van der Waals surface area contributed by atoms with E-state index in [4.69, 9.17) is 21.1 Å². The normalized spacial score (nSPS) is 25.2. The Morgan fingerprint density at radius 1 is 1.17 bits per heavy atom. The number of hydrogen-bond acceptors (Lipinski definition) is 4. The molecule has 1 amide bonds. The van der Waals surface area contributed by atoms with Gasteiger partial charge in [-0.05, 0) is 47.9 Å². The molecule has 0 aromatic heterocycles. The lowest BCUT2D eigenvalue weighted by Gasteiger charge is -2.72. The van der Waals surface area contributed by atoms with Gasteiger partial charge in [-0.3, -0.25) is 0 Å². The highest BCUT2D eigenvalue weighted by Gasteiger charge is 2.73. The van der Waals surface area contributed by atoms with Crippen LogP contribution < -0.4 is 10.1 Å². The summed E-state index contributed by atoms with van der Waals surface area (Å²) in [6.45, 7) is 0.0946. The van der Waals surface area contributed by atoms with Gasteiger partial charge in [0.25, 0.3) is 0 Å². The van der Waals surface area contributed by atoms with Crippen molar-refractivity contribution >= 4 is 23.7 Å². The maximum absolute atomic E-state index is 12.2. The molecule has 152 valence electrons. The number of alkyl carbamates (subject to hydrolysis) is 1. The molecular weight excluding hydrogens is 394 g/mol. The quantitative estimate of drug-likeness (QED) is 0.709. The number of carboxylic acids is 1. The first-order valence-corrected chi connectivity index (χ1v) is 9.79. The highest BCUT2D eigenvalue weighted by Crippen LogP contribution is 2.75. The van der Waals surface area contributed by atoms with E-state index < -0.39 is 23.5 Å². The van der Waals surface area contributed by atoms with Gasteiger partial charge in [0, 0.05) is 10.4 Å². The highest BCUT2D eigenvalue weighted by molar-refractivity contribution is 6.31. The molecule has 2 bridgehead atoms. The van der Waals surface area contributed by atoms with Gasteiger partial charge in [-0.1, -0.05) is 48.0 Å². The van der Waals surface area contributed by atoms with Crippen molar-refractivity contribution in [3.05, 3.63) is 64.7 Å². The third-order valence-electron chi connectivity index (χ3n) is 6.15. The number of ether oxygens (including phenoxy) is 2. The number of rotatable bonds is 7. The number of amides is 1. The van der Waals surface area contributed by atoms with Crippen molar-refractivity contribution in [2.75, 3.05) is 7.11 Å². The predicted molar refractivity (Wildman–Crippen MR) is 107 cm³/mol. The average Bonchev–Trinajstić information content (AvgIpc) is 2.65. The smallest absolute Gasteiger partial charge is 0.408 e. The molecule has 0 spiro atoms. The summed E-state index contributed by atoms with van der Waals surface area (Å²) in [6.07, 6.45) is 1.29. The van der Waals surface area contributed by atoms with Crippen LogP contribution in [-0.2, 0) is 21.6 Å². The summed E-state index contributed by atoms with van der Waals surface area (Å²) in [4.78, 5) is 24.0. The maximum Gasteiger partial charge on any atom is 0.408 e. The van der Waals surface area contributed by atoms with Crippen LogP contribution in [0.2, 0.25) is 5.02 Å². The molecule has 2 aromatic rings. The zero-order chi connectivity index (χ0) is 20.6.